The van der Waals surface area contributed by atoms with Crippen LogP contribution in [0.3, 0.4) is 0 Å². The van der Waals surface area contributed by atoms with E-state index in [1.807, 2.05) is 18.2 Å². The Kier molecular flexibility index (Phi) is 2.40. The zero-order valence-corrected chi connectivity index (χ0v) is 9.11. The van der Waals surface area contributed by atoms with Crippen LogP contribution in [-0.2, 0) is 9.53 Å². The number of benzene rings is 1. The molecule has 0 bridgehead atoms. The van der Waals surface area contributed by atoms with Crippen molar-refractivity contribution in [2.24, 2.45) is 5.92 Å². The lowest BCUT2D eigenvalue weighted by molar-refractivity contribution is -0.118. The number of nitrogens with one attached hydrogen (secondary N) is 1. The average Bonchev–Trinajstić information content (AvgIpc) is 2.66. The molecule has 0 unspecified atom stereocenters. The van der Waals surface area contributed by atoms with E-state index in [9.17, 15) is 4.79 Å². The Morgan fingerprint density at radius 3 is 2.75 bits per heavy atom. The lowest BCUT2D eigenvalue weighted by Crippen LogP contribution is -2.26. The Balaban J connectivity index is 1.92. The van der Waals surface area contributed by atoms with Gasteiger partial charge in [-0.15, -0.1) is 0 Å². The van der Waals surface area contributed by atoms with Crippen molar-refractivity contribution in [2.45, 2.75) is 18.8 Å². The second-order valence-corrected chi connectivity index (χ2v) is 4.50. The first kappa shape index (κ1) is 9.85. The van der Waals surface area contributed by atoms with Gasteiger partial charge in [0.05, 0.1) is 5.92 Å². The van der Waals surface area contributed by atoms with Crippen LogP contribution < -0.4 is 5.32 Å². The number of anilines is 1. The fraction of sp³-hybridized carbons (Fsp3) is 0.462. The zero-order valence-electron chi connectivity index (χ0n) is 9.11. The number of carbonyl (C=O) groups excluding carboxylic acids is 1. The van der Waals surface area contributed by atoms with Gasteiger partial charge in [0.25, 0.3) is 0 Å². The molecule has 0 spiro atoms. The van der Waals surface area contributed by atoms with E-state index in [0.717, 1.165) is 31.7 Å². The molecule has 3 heteroatoms. The van der Waals surface area contributed by atoms with Crippen molar-refractivity contribution in [3.63, 3.8) is 0 Å². The Hall–Kier alpha value is -1.35. The summed E-state index contributed by atoms with van der Waals surface area (Å²) in [5.41, 5.74) is 2.16. The fourth-order valence-electron chi connectivity index (χ4n) is 2.75. The molecule has 1 aromatic rings. The normalized spacial score (nSPS) is 25.2. The molecule has 2 heterocycles. The van der Waals surface area contributed by atoms with Gasteiger partial charge in [0, 0.05) is 18.9 Å². The van der Waals surface area contributed by atoms with Crippen molar-refractivity contribution >= 4 is 11.6 Å². The van der Waals surface area contributed by atoms with E-state index in [4.69, 9.17) is 4.74 Å². The molecular formula is C13H15NO2. The molecule has 0 aliphatic carbocycles. The summed E-state index contributed by atoms with van der Waals surface area (Å²) < 4.78 is 5.35. The molecule has 1 aromatic carbocycles. The molecule has 1 saturated heterocycles. The number of amides is 1. The maximum Gasteiger partial charge on any atom is 0.232 e. The average molecular weight is 217 g/mol. The molecule has 2 aliphatic rings. The van der Waals surface area contributed by atoms with Crippen molar-refractivity contribution < 1.29 is 9.53 Å². The minimum atomic E-state index is 0.0418. The number of rotatable bonds is 1. The molecule has 1 atom stereocenters. The fourth-order valence-corrected chi connectivity index (χ4v) is 2.75. The smallest absolute Gasteiger partial charge is 0.232 e. The van der Waals surface area contributed by atoms with Gasteiger partial charge >= 0.3 is 0 Å². The van der Waals surface area contributed by atoms with Crippen molar-refractivity contribution in [3.05, 3.63) is 29.8 Å². The van der Waals surface area contributed by atoms with Crippen molar-refractivity contribution in [1.82, 2.24) is 0 Å². The quantitative estimate of drug-likeness (QED) is 0.782. The predicted octanol–water partition coefficient (Wildman–Crippen LogP) is 2.15. The number of para-hydroxylation sites is 1. The van der Waals surface area contributed by atoms with Crippen LogP contribution >= 0.6 is 0 Å². The molecule has 1 amide bonds. The van der Waals surface area contributed by atoms with Gasteiger partial charge in [-0.3, -0.25) is 4.79 Å². The predicted molar refractivity (Wildman–Crippen MR) is 61.4 cm³/mol. The van der Waals surface area contributed by atoms with Crippen LogP contribution in [0.1, 0.15) is 24.3 Å². The van der Waals surface area contributed by atoms with Gasteiger partial charge in [-0.2, -0.15) is 0 Å². The highest BCUT2D eigenvalue weighted by atomic mass is 16.5. The summed E-state index contributed by atoms with van der Waals surface area (Å²) in [6.45, 7) is 1.58. The van der Waals surface area contributed by atoms with Crippen LogP contribution in [0.15, 0.2) is 24.3 Å². The highest BCUT2D eigenvalue weighted by Crippen LogP contribution is 2.40. The van der Waals surface area contributed by atoms with E-state index < -0.39 is 0 Å². The summed E-state index contributed by atoms with van der Waals surface area (Å²) in [5.74, 6) is 0.644. The van der Waals surface area contributed by atoms with Gasteiger partial charge in [0.1, 0.15) is 0 Å². The first-order chi connectivity index (χ1) is 7.86. The van der Waals surface area contributed by atoms with Gasteiger partial charge in [0.2, 0.25) is 5.91 Å². The minimum Gasteiger partial charge on any atom is -0.381 e. The summed E-state index contributed by atoms with van der Waals surface area (Å²) in [6, 6.07) is 8.01. The minimum absolute atomic E-state index is 0.0418. The summed E-state index contributed by atoms with van der Waals surface area (Å²) in [5, 5.41) is 2.97. The first-order valence-electron chi connectivity index (χ1n) is 5.84. The van der Waals surface area contributed by atoms with Gasteiger partial charge in [0.15, 0.2) is 0 Å². The van der Waals surface area contributed by atoms with Crippen LogP contribution in [0, 0.1) is 5.92 Å². The lowest BCUT2D eigenvalue weighted by Gasteiger charge is -2.26. The molecule has 0 saturated carbocycles. The molecule has 0 radical (unpaired) electrons. The van der Waals surface area contributed by atoms with Crippen molar-refractivity contribution in [1.29, 1.82) is 0 Å². The maximum atomic E-state index is 12.0. The third-order valence-corrected chi connectivity index (χ3v) is 3.57. The van der Waals surface area contributed by atoms with Crippen LogP contribution in [-0.4, -0.2) is 19.1 Å². The van der Waals surface area contributed by atoms with E-state index in [-0.39, 0.29) is 11.8 Å². The standard InChI is InChI=1S/C13H15NO2/c15-13-12(9-5-7-16-8-6-9)10-3-1-2-4-11(10)14-13/h1-4,9,12H,5-8H2,(H,14,15)/t12-/m0/s1. The van der Waals surface area contributed by atoms with Crippen molar-refractivity contribution in [3.8, 4) is 0 Å². The maximum absolute atomic E-state index is 12.0. The second-order valence-electron chi connectivity index (χ2n) is 4.50. The number of hydrogen-bond donors (Lipinski definition) is 1. The number of fused-ring (bicyclic) bond motifs is 1. The monoisotopic (exact) mass is 217 g/mol. The SMILES string of the molecule is O=C1Nc2ccccc2[C@@H]1C1CCOCC1. The first-order valence-corrected chi connectivity index (χ1v) is 5.84. The number of carbonyl (C=O) groups is 1. The number of hydrogen-bond acceptors (Lipinski definition) is 2. The van der Waals surface area contributed by atoms with Crippen LogP contribution in [0.4, 0.5) is 5.69 Å². The summed E-state index contributed by atoms with van der Waals surface area (Å²) in [4.78, 5) is 12.0. The molecule has 3 nitrogen and oxygen atoms in total. The third kappa shape index (κ3) is 1.52. The van der Waals surface area contributed by atoms with E-state index in [1.165, 1.54) is 5.56 Å². The third-order valence-electron chi connectivity index (χ3n) is 3.57. The Morgan fingerprint density at radius 1 is 1.19 bits per heavy atom. The van der Waals surface area contributed by atoms with E-state index >= 15 is 0 Å². The second kappa shape index (κ2) is 3.91. The highest BCUT2D eigenvalue weighted by molar-refractivity contribution is 6.03. The van der Waals surface area contributed by atoms with E-state index in [1.54, 1.807) is 0 Å². The Labute approximate surface area is 94.8 Å². The molecule has 1 fully saturated rings. The molecule has 3 rings (SSSR count). The van der Waals surface area contributed by atoms with Crippen LogP contribution in [0.25, 0.3) is 0 Å². The Morgan fingerprint density at radius 2 is 1.94 bits per heavy atom. The van der Waals surface area contributed by atoms with E-state index in [2.05, 4.69) is 11.4 Å². The summed E-state index contributed by atoms with van der Waals surface area (Å²) >= 11 is 0. The van der Waals surface area contributed by atoms with Gasteiger partial charge in [-0.05, 0) is 30.4 Å². The van der Waals surface area contributed by atoms with Gasteiger partial charge < -0.3 is 10.1 Å². The van der Waals surface area contributed by atoms with Crippen LogP contribution in [0.2, 0.25) is 0 Å². The van der Waals surface area contributed by atoms with Gasteiger partial charge in [-0.25, -0.2) is 0 Å². The van der Waals surface area contributed by atoms with Crippen molar-refractivity contribution in [2.75, 3.05) is 18.5 Å². The molecule has 0 aromatic heterocycles. The summed E-state index contributed by atoms with van der Waals surface area (Å²) in [7, 11) is 0. The zero-order chi connectivity index (χ0) is 11.0. The molecular weight excluding hydrogens is 202 g/mol. The number of ether oxygens (including phenoxy) is 1. The molecule has 84 valence electrons. The highest BCUT2D eigenvalue weighted by Gasteiger charge is 2.36. The molecule has 16 heavy (non-hydrogen) atoms. The molecule has 1 N–H and O–H groups in total. The Bertz CT molecular complexity index is 410. The largest absolute Gasteiger partial charge is 0.381 e. The lowest BCUT2D eigenvalue weighted by atomic mass is 9.82. The van der Waals surface area contributed by atoms with Gasteiger partial charge in [-0.1, -0.05) is 18.2 Å². The van der Waals surface area contributed by atoms with Crippen LogP contribution in [0.5, 0.6) is 0 Å². The topological polar surface area (TPSA) is 38.3 Å². The summed E-state index contributed by atoms with van der Waals surface area (Å²) in [6.07, 6.45) is 1.98. The van der Waals surface area contributed by atoms with E-state index in [0.29, 0.717) is 5.92 Å². The molecule has 2 aliphatic heterocycles.